The zero-order chi connectivity index (χ0) is 12.1. The largest absolute Gasteiger partial charge is 0.383 e. The highest BCUT2D eigenvalue weighted by Crippen LogP contribution is 2.28. The summed E-state index contributed by atoms with van der Waals surface area (Å²) in [4.78, 5) is 0. The van der Waals surface area contributed by atoms with Crippen molar-refractivity contribution in [3.05, 3.63) is 16.4 Å². The van der Waals surface area contributed by atoms with Gasteiger partial charge in [-0.05, 0) is 35.3 Å². The number of hydrogen-bond acceptors (Lipinski definition) is 3. The van der Waals surface area contributed by atoms with E-state index in [0.29, 0.717) is 12.6 Å². The van der Waals surface area contributed by atoms with Crippen LogP contribution in [0.1, 0.15) is 37.4 Å². The van der Waals surface area contributed by atoms with Crippen molar-refractivity contribution < 1.29 is 4.74 Å². The van der Waals surface area contributed by atoms with Gasteiger partial charge in [0.15, 0.2) is 0 Å². The Bertz CT molecular complexity index is 346. The molecule has 1 fully saturated rings. The summed E-state index contributed by atoms with van der Waals surface area (Å²) in [6.07, 6.45) is 6.97. The minimum atomic E-state index is 0.422. The number of rotatable bonds is 4. The van der Waals surface area contributed by atoms with Gasteiger partial charge in [0.25, 0.3) is 0 Å². The molecule has 1 aromatic rings. The molecule has 2 heterocycles. The van der Waals surface area contributed by atoms with Crippen molar-refractivity contribution >= 4 is 15.9 Å². The van der Waals surface area contributed by atoms with Crippen molar-refractivity contribution in [3.8, 4) is 0 Å². The fourth-order valence-electron chi connectivity index (χ4n) is 2.34. The van der Waals surface area contributed by atoms with Crippen molar-refractivity contribution in [1.29, 1.82) is 0 Å². The fraction of sp³-hybridized carbons (Fsp3) is 0.750. The molecule has 1 aliphatic rings. The summed E-state index contributed by atoms with van der Waals surface area (Å²) in [7, 11) is 1.72. The molecule has 4 nitrogen and oxygen atoms in total. The Labute approximate surface area is 111 Å². The Kier molecular flexibility index (Phi) is 5.00. The average Bonchev–Trinajstić information content (AvgIpc) is 2.57. The van der Waals surface area contributed by atoms with E-state index < -0.39 is 0 Å². The first kappa shape index (κ1) is 13.1. The SMILES string of the molecule is COCCn1ncc(Br)c1C1CCCCCN1. The van der Waals surface area contributed by atoms with Crippen molar-refractivity contribution in [1.82, 2.24) is 15.1 Å². The van der Waals surface area contributed by atoms with Gasteiger partial charge >= 0.3 is 0 Å². The minimum absolute atomic E-state index is 0.422. The Morgan fingerprint density at radius 2 is 2.41 bits per heavy atom. The summed E-state index contributed by atoms with van der Waals surface area (Å²) in [5.74, 6) is 0. The van der Waals surface area contributed by atoms with Gasteiger partial charge in [0.1, 0.15) is 0 Å². The molecular formula is C12H20BrN3O. The van der Waals surface area contributed by atoms with Gasteiger partial charge in [0.2, 0.25) is 0 Å². The van der Waals surface area contributed by atoms with Crippen molar-refractivity contribution in [2.24, 2.45) is 0 Å². The second kappa shape index (κ2) is 6.52. The van der Waals surface area contributed by atoms with Crippen LogP contribution in [0.15, 0.2) is 10.7 Å². The number of nitrogens with one attached hydrogen (secondary N) is 1. The number of hydrogen-bond donors (Lipinski definition) is 1. The molecule has 5 heteroatoms. The van der Waals surface area contributed by atoms with Crippen LogP contribution in [0.5, 0.6) is 0 Å². The summed E-state index contributed by atoms with van der Waals surface area (Å²) in [6.45, 7) is 2.62. The summed E-state index contributed by atoms with van der Waals surface area (Å²) in [6, 6.07) is 0.422. The first-order valence-electron chi connectivity index (χ1n) is 6.26. The van der Waals surface area contributed by atoms with Gasteiger partial charge in [-0.25, -0.2) is 0 Å². The van der Waals surface area contributed by atoms with E-state index in [9.17, 15) is 0 Å². The summed E-state index contributed by atoms with van der Waals surface area (Å²) in [5, 5.41) is 8.02. The van der Waals surface area contributed by atoms with E-state index >= 15 is 0 Å². The van der Waals surface area contributed by atoms with E-state index in [0.717, 1.165) is 17.6 Å². The van der Waals surface area contributed by atoms with Gasteiger partial charge in [-0.2, -0.15) is 5.10 Å². The quantitative estimate of drug-likeness (QED) is 0.929. The maximum atomic E-state index is 5.13. The van der Waals surface area contributed by atoms with E-state index in [1.807, 2.05) is 6.20 Å². The van der Waals surface area contributed by atoms with E-state index in [4.69, 9.17) is 4.74 Å². The maximum Gasteiger partial charge on any atom is 0.0696 e. The van der Waals surface area contributed by atoms with Gasteiger partial charge in [-0.3, -0.25) is 4.68 Å². The lowest BCUT2D eigenvalue weighted by Gasteiger charge is -2.18. The van der Waals surface area contributed by atoms with E-state index in [1.54, 1.807) is 7.11 Å². The first-order chi connectivity index (χ1) is 8.33. The molecule has 0 radical (unpaired) electrons. The Balaban J connectivity index is 2.13. The van der Waals surface area contributed by atoms with Crippen LogP contribution in [0.4, 0.5) is 0 Å². The Morgan fingerprint density at radius 3 is 3.24 bits per heavy atom. The van der Waals surface area contributed by atoms with Crippen LogP contribution in [0.25, 0.3) is 0 Å². The summed E-state index contributed by atoms with van der Waals surface area (Å²) >= 11 is 3.61. The molecule has 1 aromatic heterocycles. The predicted octanol–water partition coefficient (Wildman–Crippen LogP) is 2.50. The van der Waals surface area contributed by atoms with Crippen LogP contribution >= 0.6 is 15.9 Å². The zero-order valence-corrected chi connectivity index (χ0v) is 11.9. The summed E-state index contributed by atoms with van der Waals surface area (Å²) in [5.41, 5.74) is 1.27. The molecule has 1 saturated heterocycles. The first-order valence-corrected chi connectivity index (χ1v) is 7.05. The maximum absolute atomic E-state index is 5.13. The van der Waals surface area contributed by atoms with Crippen LogP contribution < -0.4 is 5.32 Å². The molecule has 17 heavy (non-hydrogen) atoms. The van der Waals surface area contributed by atoms with E-state index in [-0.39, 0.29) is 0 Å². The predicted molar refractivity (Wildman–Crippen MR) is 71.0 cm³/mol. The molecule has 1 N–H and O–H groups in total. The molecule has 0 amide bonds. The molecule has 2 rings (SSSR count). The van der Waals surface area contributed by atoms with Crippen LogP contribution in [-0.4, -0.2) is 30.0 Å². The summed E-state index contributed by atoms with van der Waals surface area (Å²) < 4.78 is 8.28. The highest BCUT2D eigenvalue weighted by Gasteiger charge is 2.20. The lowest BCUT2D eigenvalue weighted by Crippen LogP contribution is -2.24. The van der Waals surface area contributed by atoms with Crippen LogP contribution in [0.3, 0.4) is 0 Å². The number of ether oxygens (including phenoxy) is 1. The number of aromatic nitrogens is 2. The fourth-order valence-corrected chi connectivity index (χ4v) is 2.91. The molecular weight excluding hydrogens is 282 g/mol. The molecule has 0 aromatic carbocycles. The molecule has 1 aliphatic heterocycles. The molecule has 0 bridgehead atoms. The minimum Gasteiger partial charge on any atom is -0.383 e. The Hall–Kier alpha value is -0.390. The molecule has 1 atom stereocenters. The average molecular weight is 302 g/mol. The van der Waals surface area contributed by atoms with E-state index in [1.165, 1.54) is 31.4 Å². The third-order valence-electron chi connectivity index (χ3n) is 3.23. The van der Waals surface area contributed by atoms with Crippen LogP contribution in [0, 0.1) is 0 Å². The number of halogens is 1. The highest BCUT2D eigenvalue weighted by molar-refractivity contribution is 9.10. The molecule has 0 spiro atoms. The number of nitrogens with zero attached hydrogens (tertiary/aromatic N) is 2. The monoisotopic (exact) mass is 301 g/mol. The van der Waals surface area contributed by atoms with Gasteiger partial charge in [0.05, 0.1) is 35.6 Å². The van der Waals surface area contributed by atoms with Crippen molar-refractivity contribution in [2.45, 2.75) is 38.3 Å². The van der Waals surface area contributed by atoms with Crippen LogP contribution in [-0.2, 0) is 11.3 Å². The second-order valence-corrected chi connectivity index (χ2v) is 5.30. The lowest BCUT2D eigenvalue weighted by atomic mass is 10.1. The normalized spacial score (nSPS) is 21.4. The van der Waals surface area contributed by atoms with Crippen molar-refractivity contribution in [2.75, 3.05) is 20.3 Å². The Morgan fingerprint density at radius 1 is 1.53 bits per heavy atom. The topological polar surface area (TPSA) is 39.1 Å². The smallest absolute Gasteiger partial charge is 0.0696 e. The molecule has 96 valence electrons. The van der Waals surface area contributed by atoms with Gasteiger partial charge < -0.3 is 10.1 Å². The third kappa shape index (κ3) is 3.30. The molecule has 1 unspecified atom stereocenters. The second-order valence-electron chi connectivity index (χ2n) is 4.45. The highest BCUT2D eigenvalue weighted by atomic mass is 79.9. The van der Waals surface area contributed by atoms with Gasteiger partial charge in [-0.15, -0.1) is 0 Å². The van der Waals surface area contributed by atoms with Gasteiger partial charge in [-0.1, -0.05) is 12.8 Å². The molecule has 0 saturated carbocycles. The van der Waals surface area contributed by atoms with Crippen LogP contribution in [0.2, 0.25) is 0 Å². The number of methoxy groups -OCH3 is 1. The lowest BCUT2D eigenvalue weighted by molar-refractivity contribution is 0.181. The molecule has 0 aliphatic carbocycles. The van der Waals surface area contributed by atoms with Crippen molar-refractivity contribution in [3.63, 3.8) is 0 Å². The third-order valence-corrected chi connectivity index (χ3v) is 3.84. The van der Waals surface area contributed by atoms with Gasteiger partial charge in [0, 0.05) is 7.11 Å². The van der Waals surface area contributed by atoms with E-state index in [2.05, 4.69) is 31.0 Å². The standard InChI is InChI=1S/C12H20BrN3O/c1-17-8-7-16-12(10(13)9-15-16)11-5-3-2-4-6-14-11/h9,11,14H,2-8H2,1H3. The zero-order valence-electron chi connectivity index (χ0n) is 10.3.